The molecule has 0 aliphatic heterocycles. The Labute approximate surface area is 180 Å². The van der Waals surface area contributed by atoms with Crippen LogP contribution >= 0.6 is 0 Å². The van der Waals surface area contributed by atoms with Crippen LogP contribution in [0, 0.1) is 40.4 Å². The Morgan fingerprint density at radius 2 is 1.60 bits per heavy atom. The highest BCUT2D eigenvalue weighted by Crippen LogP contribution is 2.67. The molecule has 4 rings (SSSR count). The first-order chi connectivity index (χ1) is 14.1. The summed E-state index contributed by atoms with van der Waals surface area (Å²) in [7, 11) is 0. The van der Waals surface area contributed by atoms with Gasteiger partial charge in [-0.05, 0) is 111 Å². The minimum atomic E-state index is -4.48. The van der Waals surface area contributed by atoms with Crippen molar-refractivity contribution in [1.29, 1.82) is 0 Å². The van der Waals surface area contributed by atoms with Crippen LogP contribution in [-0.4, -0.2) is 28.6 Å². The number of hydrogen-bond donors (Lipinski definition) is 2. The second-order valence-electron chi connectivity index (χ2n) is 11.7. The SMILES string of the molecule is C[C@]12CCC(O)CC1CC[C@@H]1C2CC[C@@]2(C)C1CC[C@@H]2CCCCC(O)C(F)(F)F. The van der Waals surface area contributed by atoms with E-state index in [1.165, 1.54) is 44.9 Å². The zero-order valence-corrected chi connectivity index (χ0v) is 18.8. The number of aliphatic hydroxyl groups excluding tert-OH is 2. The van der Waals surface area contributed by atoms with E-state index in [9.17, 15) is 23.4 Å². The van der Waals surface area contributed by atoms with E-state index >= 15 is 0 Å². The number of rotatable bonds is 5. The molecule has 4 aliphatic carbocycles. The van der Waals surface area contributed by atoms with E-state index in [0.29, 0.717) is 29.1 Å². The number of halogens is 3. The van der Waals surface area contributed by atoms with Gasteiger partial charge in [-0.15, -0.1) is 0 Å². The van der Waals surface area contributed by atoms with Gasteiger partial charge in [0.2, 0.25) is 0 Å². The van der Waals surface area contributed by atoms with Crippen molar-refractivity contribution in [3.8, 4) is 0 Å². The first-order valence-corrected chi connectivity index (χ1v) is 12.5. The Morgan fingerprint density at radius 1 is 0.900 bits per heavy atom. The summed E-state index contributed by atoms with van der Waals surface area (Å²) in [6, 6.07) is 0. The van der Waals surface area contributed by atoms with Gasteiger partial charge >= 0.3 is 6.18 Å². The fourth-order valence-electron chi connectivity index (χ4n) is 8.71. The highest BCUT2D eigenvalue weighted by atomic mass is 19.4. The lowest BCUT2D eigenvalue weighted by Crippen LogP contribution is -2.53. The summed E-state index contributed by atoms with van der Waals surface area (Å²) in [4.78, 5) is 0. The molecule has 4 fully saturated rings. The minimum absolute atomic E-state index is 0.0970. The first kappa shape index (κ1) is 22.9. The molecule has 174 valence electrons. The van der Waals surface area contributed by atoms with Crippen LogP contribution in [0.2, 0.25) is 0 Å². The molecule has 0 aromatic carbocycles. The fourth-order valence-corrected chi connectivity index (χ4v) is 8.71. The summed E-state index contributed by atoms with van der Waals surface area (Å²) in [5.41, 5.74) is 0.747. The molecule has 0 bridgehead atoms. The number of unbranched alkanes of at least 4 members (excludes halogenated alkanes) is 1. The van der Waals surface area contributed by atoms with Crippen LogP contribution in [0.5, 0.6) is 0 Å². The largest absolute Gasteiger partial charge is 0.414 e. The van der Waals surface area contributed by atoms with Crippen molar-refractivity contribution in [2.75, 3.05) is 0 Å². The highest BCUT2D eigenvalue weighted by Gasteiger charge is 2.59. The lowest BCUT2D eigenvalue weighted by molar-refractivity contribution is -0.205. The zero-order chi connectivity index (χ0) is 21.7. The van der Waals surface area contributed by atoms with Crippen molar-refractivity contribution in [2.45, 2.75) is 116 Å². The van der Waals surface area contributed by atoms with Crippen molar-refractivity contribution in [3.63, 3.8) is 0 Å². The fraction of sp³-hybridized carbons (Fsp3) is 1.00. The van der Waals surface area contributed by atoms with Gasteiger partial charge in [-0.1, -0.05) is 26.7 Å². The molecule has 4 saturated carbocycles. The molecule has 2 nitrogen and oxygen atoms in total. The van der Waals surface area contributed by atoms with E-state index in [-0.39, 0.29) is 12.5 Å². The van der Waals surface area contributed by atoms with Gasteiger partial charge in [-0.3, -0.25) is 0 Å². The molecule has 0 heterocycles. The van der Waals surface area contributed by atoms with Crippen molar-refractivity contribution >= 4 is 0 Å². The molecule has 30 heavy (non-hydrogen) atoms. The summed E-state index contributed by atoms with van der Waals surface area (Å²) >= 11 is 0. The molecule has 0 spiro atoms. The topological polar surface area (TPSA) is 40.5 Å². The third-order valence-electron chi connectivity index (χ3n) is 10.5. The van der Waals surface area contributed by atoms with Crippen LogP contribution in [0.15, 0.2) is 0 Å². The molecule has 2 N–H and O–H groups in total. The molecule has 0 aromatic heterocycles. The van der Waals surface area contributed by atoms with Crippen LogP contribution < -0.4 is 0 Å². The van der Waals surface area contributed by atoms with E-state index in [4.69, 9.17) is 0 Å². The lowest BCUT2D eigenvalue weighted by atomic mass is 9.44. The Morgan fingerprint density at radius 3 is 2.33 bits per heavy atom. The van der Waals surface area contributed by atoms with Crippen LogP contribution in [0.4, 0.5) is 13.2 Å². The predicted molar refractivity (Wildman–Crippen MR) is 112 cm³/mol. The molecule has 5 heteroatoms. The minimum Gasteiger partial charge on any atom is -0.393 e. The van der Waals surface area contributed by atoms with Gasteiger partial charge in [0.25, 0.3) is 0 Å². The molecule has 9 atom stereocenters. The normalized spacial score (nSPS) is 47.3. The Kier molecular flexibility index (Phi) is 6.29. The van der Waals surface area contributed by atoms with Gasteiger partial charge in [0.15, 0.2) is 0 Å². The number of alkyl halides is 3. The molecule has 0 aromatic rings. The van der Waals surface area contributed by atoms with Crippen LogP contribution in [0.3, 0.4) is 0 Å². The maximum atomic E-state index is 12.5. The first-order valence-electron chi connectivity index (χ1n) is 12.5. The standard InChI is InChI=1S/C25H41F3O2/c1-23-14-12-21-19(9-7-17-15-18(29)11-13-24(17,21)2)20(23)10-8-16(23)5-3-4-6-22(30)25(26,27)28/h16-22,29-30H,3-15H2,1-2H3/t16-,17?,18?,19-,20?,21?,22?,23+,24-/m0/s1. The van der Waals surface area contributed by atoms with E-state index in [1.807, 2.05) is 0 Å². The van der Waals surface area contributed by atoms with Gasteiger partial charge in [-0.2, -0.15) is 13.2 Å². The van der Waals surface area contributed by atoms with Crippen molar-refractivity contribution < 1.29 is 23.4 Å². The van der Waals surface area contributed by atoms with Crippen LogP contribution in [-0.2, 0) is 0 Å². The number of fused-ring (bicyclic) bond motifs is 5. The molecule has 5 unspecified atom stereocenters. The van der Waals surface area contributed by atoms with E-state index in [0.717, 1.165) is 43.4 Å². The van der Waals surface area contributed by atoms with Gasteiger partial charge in [-0.25, -0.2) is 0 Å². The third-order valence-corrected chi connectivity index (χ3v) is 10.5. The van der Waals surface area contributed by atoms with Crippen molar-refractivity contribution in [2.24, 2.45) is 40.4 Å². The summed E-state index contributed by atoms with van der Waals surface area (Å²) in [5.74, 6) is 3.68. The van der Waals surface area contributed by atoms with Gasteiger partial charge in [0.1, 0.15) is 6.10 Å². The summed E-state index contributed by atoms with van der Waals surface area (Å²) < 4.78 is 37.6. The average Bonchev–Trinajstić information content (AvgIpc) is 3.01. The van der Waals surface area contributed by atoms with E-state index in [1.54, 1.807) is 0 Å². The highest BCUT2D eigenvalue weighted by molar-refractivity contribution is 5.09. The molecular formula is C25H41F3O2. The monoisotopic (exact) mass is 430 g/mol. The second-order valence-corrected chi connectivity index (χ2v) is 11.7. The van der Waals surface area contributed by atoms with E-state index < -0.39 is 12.3 Å². The van der Waals surface area contributed by atoms with Gasteiger partial charge in [0.05, 0.1) is 6.10 Å². The number of hydrogen-bond acceptors (Lipinski definition) is 2. The maximum Gasteiger partial charge on any atom is 0.414 e. The predicted octanol–water partition coefficient (Wildman–Crippen LogP) is 6.49. The van der Waals surface area contributed by atoms with Crippen molar-refractivity contribution in [3.05, 3.63) is 0 Å². The van der Waals surface area contributed by atoms with Crippen LogP contribution in [0.25, 0.3) is 0 Å². The van der Waals surface area contributed by atoms with E-state index in [2.05, 4.69) is 13.8 Å². The molecule has 4 aliphatic rings. The van der Waals surface area contributed by atoms with Crippen LogP contribution in [0.1, 0.15) is 97.3 Å². The summed E-state index contributed by atoms with van der Waals surface area (Å²) in [6.45, 7) is 5.00. The Balaban J connectivity index is 1.36. The molecular weight excluding hydrogens is 389 g/mol. The summed E-state index contributed by atoms with van der Waals surface area (Å²) in [5, 5.41) is 19.4. The molecule has 0 radical (unpaired) electrons. The quantitative estimate of drug-likeness (QED) is 0.490. The third kappa shape index (κ3) is 3.95. The second kappa shape index (κ2) is 8.24. The smallest absolute Gasteiger partial charge is 0.393 e. The zero-order valence-electron chi connectivity index (χ0n) is 18.8. The summed E-state index contributed by atoms with van der Waals surface area (Å²) in [6.07, 6.45) is 6.16. The Hall–Kier alpha value is -0.290. The lowest BCUT2D eigenvalue weighted by Gasteiger charge is -2.61. The van der Waals surface area contributed by atoms with Gasteiger partial charge < -0.3 is 10.2 Å². The molecule has 0 saturated heterocycles. The maximum absolute atomic E-state index is 12.5. The number of aliphatic hydroxyl groups is 2. The van der Waals surface area contributed by atoms with Gasteiger partial charge in [0, 0.05) is 0 Å². The average molecular weight is 431 g/mol. The molecule has 0 amide bonds. The van der Waals surface area contributed by atoms with Crippen molar-refractivity contribution in [1.82, 2.24) is 0 Å². The Bertz CT molecular complexity index is 608.